The van der Waals surface area contributed by atoms with Gasteiger partial charge < -0.3 is 15.0 Å². The quantitative estimate of drug-likeness (QED) is 0.568. The topological polar surface area (TPSA) is 67.4 Å². The Bertz CT molecular complexity index is 976. The average Bonchev–Trinajstić information content (AvgIpc) is 2.76. The van der Waals surface area contributed by atoms with Gasteiger partial charge in [-0.2, -0.15) is 4.98 Å². The first-order valence-corrected chi connectivity index (χ1v) is 10.2. The first-order valence-electron chi connectivity index (χ1n) is 10.2. The number of nitrogens with zero attached hydrogens (tertiary/aromatic N) is 3. The minimum Gasteiger partial charge on any atom is -0.467 e. The molecular weight excluding hydrogens is 376 g/mol. The van der Waals surface area contributed by atoms with Gasteiger partial charge in [-0.3, -0.25) is 4.79 Å². The summed E-state index contributed by atoms with van der Waals surface area (Å²) in [5.74, 6) is 0.742. The molecular formula is C24H28N4O2. The number of amides is 1. The zero-order valence-corrected chi connectivity index (χ0v) is 17.8. The SMILES string of the molecule is CCc1cccc(Nc2nc(C)cc(OCC(=O)N(CC)Cc3ccccc3)n2)c1. The Balaban J connectivity index is 1.63. The molecule has 1 aromatic heterocycles. The van der Waals surface area contributed by atoms with Gasteiger partial charge in [-0.15, -0.1) is 0 Å². The maximum atomic E-state index is 12.6. The summed E-state index contributed by atoms with van der Waals surface area (Å²) in [5.41, 5.74) is 4.00. The third-order valence-corrected chi connectivity index (χ3v) is 4.72. The fourth-order valence-electron chi connectivity index (χ4n) is 3.07. The van der Waals surface area contributed by atoms with Crippen molar-refractivity contribution in [1.29, 1.82) is 0 Å². The van der Waals surface area contributed by atoms with E-state index in [1.165, 1.54) is 5.56 Å². The minimum absolute atomic E-state index is 0.0676. The lowest BCUT2D eigenvalue weighted by Crippen LogP contribution is -2.34. The van der Waals surface area contributed by atoms with Crippen molar-refractivity contribution in [3.63, 3.8) is 0 Å². The number of aromatic nitrogens is 2. The highest BCUT2D eigenvalue weighted by Gasteiger charge is 2.14. The Morgan fingerprint density at radius 2 is 1.77 bits per heavy atom. The van der Waals surface area contributed by atoms with Crippen LogP contribution in [0.25, 0.3) is 0 Å². The van der Waals surface area contributed by atoms with E-state index in [2.05, 4.69) is 34.3 Å². The van der Waals surface area contributed by atoms with Gasteiger partial charge in [-0.1, -0.05) is 49.4 Å². The van der Waals surface area contributed by atoms with Crippen molar-refractivity contribution in [2.45, 2.75) is 33.7 Å². The summed E-state index contributed by atoms with van der Waals surface area (Å²) in [5, 5.41) is 3.22. The fourth-order valence-corrected chi connectivity index (χ4v) is 3.07. The summed E-state index contributed by atoms with van der Waals surface area (Å²) in [7, 11) is 0. The summed E-state index contributed by atoms with van der Waals surface area (Å²) >= 11 is 0. The molecule has 6 heteroatoms. The Labute approximate surface area is 177 Å². The summed E-state index contributed by atoms with van der Waals surface area (Å²) in [6.07, 6.45) is 0.956. The van der Waals surface area contributed by atoms with Crippen molar-refractivity contribution < 1.29 is 9.53 Å². The molecule has 1 amide bonds. The van der Waals surface area contributed by atoms with Gasteiger partial charge in [0, 0.05) is 30.5 Å². The lowest BCUT2D eigenvalue weighted by Gasteiger charge is -2.21. The first kappa shape index (κ1) is 21.3. The highest BCUT2D eigenvalue weighted by molar-refractivity contribution is 5.77. The highest BCUT2D eigenvalue weighted by Crippen LogP contribution is 2.18. The second kappa shape index (κ2) is 10.4. The van der Waals surface area contributed by atoms with Gasteiger partial charge in [-0.05, 0) is 43.5 Å². The van der Waals surface area contributed by atoms with E-state index in [4.69, 9.17) is 4.74 Å². The van der Waals surface area contributed by atoms with E-state index in [0.29, 0.717) is 24.9 Å². The van der Waals surface area contributed by atoms with Crippen molar-refractivity contribution in [3.8, 4) is 5.88 Å². The van der Waals surface area contributed by atoms with E-state index < -0.39 is 0 Å². The van der Waals surface area contributed by atoms with E-state index >= 15 is 0 Å². The summed E-state index contributed by atoms with van der Waals surface area (Å²) < 4.78 is 5.71. The molecule has 2 aromatic carbocycles. The minimum atomic E-state index is -0.0808. The Hall–Kier alpha value is -3.41. The molecule has 3 aromatic rings. The number of ether oxygens (including phenoxy) is 1. The summed E-state index contributed by atoms with van der Waals surface area (Å²) in [6.45, 7) is 7.05. The van der Waals surface area contributed by atoms with Crippen molar-refractivity contribution in [2.75, 3.05) is 18.5 Å². The Kier molecular flexibility index (Phi) is 7.38. The largest absolute Gasteiger partial charge is 0.467 e. The lowest BCUT2D eigenvalue weighted by molar-refractivity contribution is -0.133. The van der Waals surface area contributed by atoms with Crippen LogP contribution in [-0.4, -0.2) is 33.9 Å². The molecule has 0 bridgehead atoms. The normalized spacial score (nSPS) is 10.5. The molecule has 156 valence electrons. The van der Waals surface area contributed by atoms with Crippen LogP contribution in [0.4, 0.5) is 11.6 Å². The van der Waals surface area contributed by atoms with Crippen LogP contribution in [0, 0.1) is 6.92 Å². The molecule has 0 fully saturated rings. The summed E-state index contributed by atoms with van der Waals surface area (Å²) in [4.78, 5) is 23.2. The molecule has 30 heavy (non-hydrogen) atoms. The van der Waals surface area contributed by atoms with Crippen LogP contribution in [0.2, 0.25) is 0 Å². The maximum absolute atomic E-state index is 12.6. The van der Waals surface area contributed by atoms with Crippen LogP contribution in [-0.2, 0) is 17.8 Å². The van der Waals surface area contributed by atoms with Gasteiger partial charge in [0.25, 0.3) is 5.91 Å². The van der Waals surface area contributed by atoms with E-state index in [1.807, 2.05) is 56.3 Å². The number of hydrogen-bond donors (Lipinski definition) is 1. The first-order chi connectivity index (χ1) is 14.6. The van der Waals surface area contributed by atoms with Crippen LogP contribution in [0.3, 0.4) is 0 Å². The number of likely N-dealkylation sites (N-methyl/N-ethyl adjacent to an activating group) is 1. The van der Waals surface area contributed by atoms with Crippen LogP contribution in [0.5, 0.6) is 5.88 Å². The standard InChI is InChI=1S/C24H28N4O2/c1-4-19-12-9-13-21(15-19)26-24-25-18(3)14-22(27-24)30-17-23(29)28(5-2)16-20-10-7-6-8-11-20/h6-15H,4-5,16-17H2,1-3H3,(H,25,26,27). The lowest BCUT2D eigenvalue weighted by atomic mass is 10.1. The molecule has 0 saturated heterocycles. The molecule has 0 unspecified atom stereocenters. The molecule has 1 heterocycles. The average molecular weight is 405 g/mol. The van der Waals surface area contributed by atoms with Crippen LogP contribution < -0.4 is 10.1 Å². The van der Waals surface area contributed by atoms with Gasteiger partial charge in [0.15, 0.2) is 6.61 Å². The molecule has 0 aliphatic heterocycles. The third kappa shape index (κ3) is 6.04. The zero-order chi connectivity index (χ0) is 21.3. The number of nitrogens with one attached hydrogen (secondary N) is 1. The maximum Gasteiger partial charge on any atom is 0.260 e. The molecule has 6 nitrogen and oxygen atoms in total. The number of carbonyl (C=O) groups excluding carboxylic acids is 1. The van der Waals surface area contributed by atoms with Gasteiger partial charge in [0.05, 0.1) is 0 Å². The second-order valence-corrected chi connectivity index (χ2v) is 7.03. The van der Waals surface area contributed by atoms with Crippen LogP contribution in [0.1, 0.15) is 30.7 Å². The van der Waals surface area contributed by atoms with Crippen molar-refractivity contribution in [1.82, 2.24) is 14.9 Å². The number of carbonyl (C=O) groups is 1. The zero-order valence-electron chi connectivity index (χ0n) is 17.8. The van der Waals surface area contributed by atoms with Crippen molar-refractivity contribution >= 4 is 17.5 Å². The fraction of sp³-hybridized carbons (Fsp3) is 0.292. The predicted octanol–water partition coefficient (Wildman–Crippen LogP) is 4.52. The van der Waals surface area contributed by atoms with Crippen molar-refractivity contribution in [3.05, 3.63) is 77.5 Å². The molecule has 0 radical (unpaired) electrons. The number of anilines is 2. The number of benzene rings is 2. The molecule has 0 aliphatic rings. The highest BCUT2D eigenvalue weighted by atomic mass is 16.5. The van der Waals surface area contributed by atoms with E-state index in [1.54, 1.807) is 11.0 Å². The summed E-state index contributed by atoms with van der Waals surface area (Å²) in [6, 6.07) is 19.8. The molecule has 0 atom stereocenters. The van der Waals surface area contributed by atoms with Gasteiger partial charge in [0.1, 0.15) is 0 Å². The predicted molar refractivity (Wildman–Crippen MR) is 119 cm³/mol. The van der Waals surface area contributed by atoms with Crippen LogP contribution in [0.15, 0.2) is 60.7 Å². The second-order valence-electron chi connectivity index (χ2n) is 7.03. The van der Waals surface area contributed by atoms with Crippen molar-refractivity contribution in [2.24, 2.45) is 0 Å². The smallest absolute Gasteiger partial charge is 0.260 e. The molecule has 1 N–H and O–H groups in total. The number of hydrogen-bond acceptors (Lipinski definition) is 5. The monoisotopic (exact) mass is 404 g/mol. The molecule has 0 aliphatic carbocycles. The molecule has 0 spiro atoms. The molecule has 0 saturated carbocycles. The van der Waals surface area contributed by atoms with Crippen LogP contribution >= 0.6 is 0 Å². The Morgan fingerprint density at radius 1 is 1.00 bits per heavy atom. The van der Waals surface area contributed by atoms with Gasteiger partial charge >= 0.3 is 0 Å². The van der Waals surface area contributed by atoms with E-state index in [9.17, 15) is 4.79 Å². The van der Waals surface area contributed by atoms with E-state index in [-0.39, 0.29) is 12.5 Å². The third-order valence-electron chi connectivity index (χ3n) is 4.72. The molecule has 3 rings (SSSR count). The number of aryl methyl sites for hydroxylation is 2. The van der Waals surface area contributed by atoms with E-state index in [0.717, 1.165) is 23.4 Å². The van der Waals surface area contributed by atoms with Gasteiger partial charge in [-0.25, -0.2) is 4.98 Å². The van der Waals surface area contributed by atoms with Gasteiger partial charge in [0.2, 0.25) is 11.8 Å². The Morgan fingerprint density at radius 3 is 2.50 bits per heavy atom. The number of rotatable bonds is 9.